The molecular formula is C15H22ClN5O3. The zero-order valence-corrected chi connectivity index (χ0v) is 14.2. The number of nitrogens with zero attached hydrogens (tertiary/aromatic N) is 3. The molecule has 1 amide bonds. The van der Waals surface area contributed by atoms with E-state index in [1.807, 2.05) is 6.20 Å². The fourth-order valence-electron chi connectivity index (χ4n) is 3.68. The van der Waals surface area contributed by atoms with Gasteiger partial charge >= 0.3 is 0 Å². The molecule has 2 unspecified atom stereocenters. The van der Waals surface area contributed by atoms with Gasteiger partial charge in [-0.2, -0.15) is 0 Å². The summed E-state index contributed by atoms with van der Waals surface area (Å²) in [6.07, 6.45) is 2.59. The Hall–Kier alpha value is -1.35. The molecule has 3 fully saturated rings. The van der Waals surface area contributed by atoms with Gasteiger partial charge in [-0.05, 0) is 18.0 Å². The van der Waals surface area contributed by atoms with E-state index in [0.29, 0.717) is 38.3 Å². The molecule has 24 heavy (non-hydrogen) atoms. The van der Waals surface area contributed by atoms with Crippen molar-refractivity contribution in [3.63, 3.8) is 0 Å². The Balaban J connectivity index is 1.46. The van der Waals surface area contributed by atoms with Gasteiger partial charge in [-0.15, -0.1) is 0 Å². The van der Waals surface area contributed by atoms with Crippen molar-refractivity contribution in [2.75, 3.05) is 46.1 Å². The average Bonchev–Trinajstić information content (AvgIpc) is 3.07. The molecule has 0 radical (unpaired) electrons. The summed E-state index contributed by atoms with van der Waals surface area (Å²) in [6.45, 7) is 4.53. The van der Waals surface area contributed by atoms with Crippen LogP contribution in [0.2, 0.25) is 0 Å². The number of ether oxygens (including phenoxy) is 2. The van der Waals surface area contributed by atoms with Crippen LogP contribution in [0.25, 0.3) is 0 Å². The van der Waals surface area contributed by atoms with Crippen molar-refractivity contribution in [2.45, 2.75) is 24.7 Å². The van der Waals surface area contributed by atoms with Gasteiger partial charge in [0, 0.05) is 25.9 Å². The molecule has 4 heterocycles. The van der Waals surface area contributed by atoms with Gasteiger partial charge in [0.2, 0.25) is 5.91 Å². The van der Waals surface area contributed by atoms with Crippen molar-refractivity contribution < 1.29 is 14.3 Å². The molecule has 132 valence electrons. The molecule has 0 aromatic rings. The summed E-state index contributed by atoms with van der Waals surface area (Å²) in [4.78, 5) is 21.3. The van der Waals surface area contributed by atoms with E-state index in [9.17, 15) is 4.79 Å². The topological polar surface area (TPSA) is 78.4 Å². The summed E-state index contributed by atoms with van der Waals surface area (Å²) < 4.78 is 10.9. The third-order valence-corrected chi connectivity index (χ3v) is 5.06. The van der Waals surface area contributed by atoms with Crippen LogP contribution in [0, 0.1) is 0 Å². The Kier molecular flexibility index (Phi) is 4.62. The standard InChI is InChI=1S/C15H22ClN5O3/c16-15-17-5-12-14(19-15)21-2-4-24-9-11(21)6-20(12)7-13(22)18-10-1-3-23-8-10/h5,10-11,14H,1-4,6-9H2,(H,17,19)(H,18,22)/t10?,11?,14-/m1/s1. The number of rotatable bonds is 3. The van der Waals surface area contributed by atoms with Gasteiger partial charge in [-0.1, -0.05) is 0 Å². The monoisotopic (exact) mass is 355 g/mol. The highest BCUT2D eigenvalue weighted by Crippen LogP contribution is 2.29. The quantitative estimate of drug-likeness (QED) is 0.650. The van der Waals surface area contributed by atoms with E-state index in [-0.39, 0.29) is 24.2 Å². The highest BCUT2D eigenvalue weighted by molar-refractivity contribution is 6.64. The minimum absolute atomic E-state index is 0.0102. The zero-order chi connectivity index (χ0) is 16.5. The molecule has 0 spiro atoms. The van der Waals surface area contributed by atoms with Crippen LogP contribution in [0.4, 0.5) is 0 Å². The van der Waals surface area contributed by atoms with Crippen molar-refractivity contribution in [1.82, 2.24) is 20.4 Å². The number of fused-ring (bicyclic) bond motifs is 3. The number of carbonyl (C=O) groups is 1. The lowest BCUT2D eigenvalue weighted by Crippen LogP contribution is -2.63. The van der Waals surface area contributed by atoms with Crippen LogP contribution >= 0.6 is 11.6 Å². The van der Waals surface area contributed by atoms with E-state index < -0.39 is 0 Å². The molecule has 8 nitrogen and oxygen atoms in total. The first-order valence-electron chi connectivity index (χ1n) is 8.36. The van der Waals surface area contributed by atoms with Gasteiger partial charge < -0.3 is 25.0 Å². The molecule has 9 heteroatoms. The highest BCUT2D eigenvalue weighted by atomic mass is 35.5. The molecule has 2 N–H and O–H groups in total. The summed E-state index contributed by atoms with van der Waals surface area (Å²) in [6, 6.07) is 0.341. The molecular weight excluding hydrogens is 334 g/mol. The Morgan fingerprint density at radius 1 is 1.42 bits per heavy atom. The minimum Gasteiger partial charge on any atom is -0.379 e. The van der Waals surface area contributed by atoms with Crippen molar-refractivity contribution >= 4 is 22.8 Å². The molecule has 3 saturated heterocycles. The number of aliphatic imine (C=N–C) groups is 1. The predicted octanol–water partition coefficient (Wildman–Crippen LogP) is -0.727. The predicted molar refractivity (Wildman–Crippen MR) is 88.5 cm³/mol. The maximum Gasteiger partial charge on any atom is 0.239 e. The van der Waals surface area contributed by atoms with Gasteiger partial charge in [0.15, 0.2) is 5.29 Å². The number of nitrogens with one attached hydrogen (secondary N) is 2. The van der Waals surface area contributed by atoms with E-state index in [4.69, 9.17) is 21.1 Å². The van der Waals surface area contributed by atoms with Crippen molar-refractivity contribution in [3.8, 4) is 0 Å². The van der Waals surface area contributed by atoms with Gasteiger partial charge in [0.25, 0.3) is 0 Å². The van der Waals surface area contributed by atoms with Gasteiger partial charge in [-0.3, -0.25) is 9.69 Å². The number of carbonyl (C=O) groups excluding carboxylic acids is 1. The third-order valence-electron chi connectivity index (χ3n) is 4.85. The fourth-order valence-corrected chi connectivity index (χ4v) is 3.82. The lowest BCUT2D eigenvalue weighted by Gasteiger charge is -2.49. The first kappa shape index (κ1) is 16.1. The van der Waals surface area contributed by atoms with Gasteiger partial charge in [0.1, 0.15) is 6.17 Å². The summed E-state index contributed by atoms with van der Waals surface area (Å²) >= 11 is 6.06. The normalized spacial score (nSPS) is 33.0. The maximum atomic E-state index is 12.4. The Labute approximate surface area is 145 Å². The van der Waals surface area contributed by atoms with Crippen LogP contribution < -0.4 is 10.6 Å². The number of morpholine rings is 1. The summed E-state index contributed by atoms with van der Waals surface area (Å²) in [5, 5.41) is 6.38. The zero-order valence-electron chi connectivity index (χ0n) is 13.4. The van der Waals surface area contributed by atoms with Crippen LogP contribution in [-0.4, -0.2) is 85.3 Å². The van der Waals surface area contributed by atoms with Gasteiger partial charge in [-0.25, -0.2) is 4.99 Å². The Bertz CT molecular complexity index is 563. The first-order chi connectivity index (χ1) is 11.7. The molecule has 4 aliphatic heterocycles. The highest BCUT2D eigenvalue weighted by Gasteiger charge is 2.41. The number of hydrogen-bond acceptors (Lipinski definition) is 7. The Morgan fingerprint density at radius 3 is 3.12 bits per heavy atom. The van der Waals surface area contributed by atoms with E-state index in [2.05, 4.69) is 25.4 Å². The molecule has 4 aliphatic rings. The lowest BCUT2D eigenvalue weighted by atomic mass is 10.1. The van der Waals surface area contributed by atoms with Crippen molar-refractivity contribution in [2.24, 2.45) is 4.99 Å². The lowest BCUT2D eigenvalue weighted by molar-refractivity contribution is -0.124. The fraction of sp³-hybridized carbons (Fsp3) is 0.733. The van der Waals surface area contributed by atoms with E-state index >= 15 is 0 Å². The number of amidine groups is 1. The molecule has 0 aliphatic carbocycles. The molecule has 4 rings (SSSR count). The second-order valence-corrected chi connectivity index (χ2v) is 6.84. The van der Waals surface area contributed by atoms with Crippen molar-refractivity contribution in [1.29, 1.82) is 0 Å². The van der Waals surface area contributed by atoms with Crippen molar-refractivity contribution in [3.05, 3.63) is 11.9 Å². The van der Waals surface area contributed by atoms with Crippen LogP contribution in [0.1, 0.15) is 6.42 Å². The SMILES string of the molecule is O=C(CN1CC2COCCN2[C@H]2N=C(Cl)NC=C21)NC1CCOC1. The molecule has 0 bridgehead atoms. The van der Waals surface area contributed by atoms with Crippen LogP contribution in [0.3, 0.4) is 0 Å². The van der Waals surface area contributed by atoms with Crippen LogP contribution in [0.15, 0.2) is 16.9 Å². The number of hydrogen-bond donors (Lipinski definition) is 2. The molecule has 0 aromatic carbocycles. The second kappa shape index (κ2) is 6.87. The second-order valence-electron chi connectivity index (χ2n) is 6.48. The molecule has 0 saturated carbocycles. The summed E-state index contributed by atoms with van der Waals surface area (Å²) in [5.41, 5.74) is 0.982. The van der Waals surface area contributed by atoms with Crippen LogP contribution in [-0.2, 0) is 14.3 Å². The molecule has 0 aromatic heterocycles. The molecule has 3 atom stereocenters. The number of halogens is 1. The van der Waals surface area contributed by atoms with E-state index in [1.54, 1.807) is 0 Å². The van der Waals surface area contributed by atoms with E-state index in [0.717, 1.165) is 25.2 Å². The van der Waals surface area contributed by atoms with Gasteiger partial charge in [0.05, 0.1) is 44.1 Å². The number of piperazine rings is 1. The first-order valence-corrected chi connectivity index (χ1v) is 8.74. The Morgan fingerprint density at radius 2 is 2.29 bits per heavy atom. The van der Waals surface area contributed by atoms with E-state index in [1.165, 1.54) is 0 Å². The smallest absolute Gasteiger partial charge is 0.239 e. The minimum atomic E-state index is -0.149. The third kappa shape index (κ3) is 3.23. The largest absolute Gasteiger partial charge is 0.379 e. The number of amides is 1. The summed E-state index contributed by atoms with van der Waals surface area (Å²) in [7, 11) is 0. The summed E-state index contributed by atoms with van der Waals surface area (Å²) in [5.74, 6) is 0.0102. The average molecular weight is 356 g/mol. The van der Waals surface area contributed by atoms with Crippen LogP contribution in [0.5, 0.6) is 0 Å². The maximum absolute atomic E-state index is 12.4.